The molecule has 0 amide bonds. The van der Waals surface area contributed by atoms with Crippen LogP contribution in [0.5, 0.6) is 0 Å². The number of aliphatic hydroxyl groups excluding tert-OH is 1. The predicted molar refractivity (Wildman–Crippen MR) is 41.2 cm³/mol. The number of aliphatic hydroxyl groups is 1. The molecule has 0 saturated heterocycles. The first-order chi connectivity index (χ1) is 5.13. The Balaban J connectivity index is 3.98. The van der Waals surface area contributed by atoms with E-state index >= 15 is 0 Å². The largest absolute Gasteiger partial charge is 0.468 e. The molecule has 4 heteroatoms. The van der Waals surface area contributed by atoms with Crippen molar-refractivity contribution in [1.29, 1.82) is 0 Å². The standard InChI is InChI=1S/C7H15NO3/c1-8(2)6(4-5-9)7(10)11-3/h6,9H,4-5H2,1-3H3. The van der Waals surface area contributed by atoms with Crippen LogP contribution in [0.4, 0.5) is 0 Å². The van der Waals surface area contributed by atoms with E-state index in [0.29, 0.717) is 6.42 Å². The summed E-state index contributed by atoms with van der Waals surface area (Å²) in [6, 6.07) is -0.329. The summed E-state index contributed by atoms with van der Waals surface area (Å²) in [6.07, 6.45) is 0.416. The van der Waals surface area contributed by atoms with Crippen molar-refractivity contribution in [1.82, 2.24) is 4.90 Å². The summed E-state index contributed by atoms with van der Waals surface area (Å²) in [6.45, 7) is -0.00204. The maximum absolute atomic E-state index is 11.0. The van der Waals surface area contributed by atoms with E-state index in [1.165, 1.54) is 7.11 Å². The summed E-state index contributed by atoms with van der Waals surface area (Å²) in [5.41, 5.74) is 0. The van der Waals surface area contributed by atoms with Gasteiger partial charge >= 0.3 is 5.97 Å². The first-order valence-corrected chi connectivity index (χ1v) is 3.48. The molecule has 0 bridgehead atoms. The molecule has 11 heavy (non-hydrogen) atoms. The number of hydrogen-bond donors (Lipinski definition) is 1. The minimum absolute atomic E-state index is 0.00204. The van der Waals surface area contributed by atoms with Crippen molar-refractivity contribution >= 4 is 5.97 Å². The van der Waals surface area contributed by atoms with Gasteiger partial charge in [-0.1, -0.05) is 0 Å². The molecule has 0 saturated carbocycles. The van der Waals surface area contributed by atoms with Gasteiger partial charge in [0.05, 0.1) is 7.11 Å². The van der Waals surface area contributed by atoms with E-state index in [9.17, 15) is 4.79 Å². The van der Waals surface area contributed by atoms with E-state index in [0.717, 1.165) is 0 Å². The van der Waals surface area contributed by atoms with E-state index in [2.05, 4.69) is 4.74 Å². The summed E-state index contributed by atoms with van der Waals surface area (Å²) < 4.78 is 4.53. The zero-order valence-electron chi connectivity index (χ0n) is 7.20. The monoisotopic (exact) mass is 161 g/mol. The zero-order chi connectivity index (χ0) is 8.85. The molecular weight excluding hydrogens is 146 g/mol. The SMILES string of the molecule is COC(=O)C(CCO)N(C)C. The number of nitrogens with zero attached hydrogens (tertiary/aromatic N) is 1. The number of ether oxygens (including phenoxy) is 1. The molecule has 0 heterocycles. The second-order valence-electron chi connectivity index (χ2n) is 2.51. The molecule has 0 aromatic heterocycles. The van der Waals surface area contributed by atoms with Crippen LogP contribution in [0.25, 0.3) is 0 Å². The average Bonchev–Trinajstić information content (AvgIpc) is 1.98. The first kappa shape index (κ1) is 10.4. The molecule has 0 spiro atoms. The maximum Gasteiger partial charge on any atom is 0.323 e. The van der Waals surface area contributed by atoms with Crippen LogP contribution >= 0.6 is 0 Å². The number of methoxy groups -OCH3 is 1. The van der Waals surface area contributed by atoms with Crippen molar-refractivity contribution in [3.63, 3.8) is 0 Å². The molecule has 0 aliphatic heterocycles. The van der Waals surface area contributed by atoms with Gasteiger partial charge in [-0.25, -0.2) is 0 Å². The Kier molecular flexibility index (Phi) is 4.81. The average molecular weight is 161 g/mol. The van der Waals surface area contributed by atoms with Crippen LogP contribution in [-0.4, -0.2) is 49.8 Å². The number of carbonyl (C=O) groups is 1. The number of hydrogen-bond acceptors (Lipinski definition) is 4. The summed E-state index contributed by atoms with van der Waals surface area (Å²) in [5, 5.41) is 8.60. The van der Waals surface area contributed by atoms with Gasteiger partial charge < -0.3 is 9.84 Å². The summed E-state index contributed by atoms with van der Waals surface area (Å²) >= 11 is 0. The number of esters is 1. The van der Waals surface area contributed by atoms with Crippen molar-refractivity contribution in [2.75, 3.05) is 27.8 Å². The van der Waals surface area contributed by atoms with Crippen molar-refractivity contribution in [3.05, 3.63) is 0 Å². The Bertz CT molecular complexity index is 125. The Hall–Kier alpha value is -0.610. The second kappa shape index (κ2) is 5.09. The minimum atomic E-state index is -0.329. The molecule has 0 rings (SSSR count). The quantitative estimate of drug-likeness (QED) is 0.563. The highest BCUT2D eigenvalue weighted by Gasteiger charge is 2.19. The van der Waals surface area contributed by atoms with Crippen molar-refractivity contribution in [3.8, 4) is 0 Å². The summed E-state index contributed by atoms with van der Waals surface area (Å²) in [5.74, 6) is -0.302. The molecule has 0 aliphatic carbocycles. The van der Waals surface area contributed by atoms with Crippen LogP contribution in [0.3, 0.4) is 0 Å². The van der Waals surface area contributed by atoms with Crippen molar-refractivity contribution < 1.29 is 14.6 Å². The summed E-state index contributed by atoms with van der Waals surface area (Å²) in [4.78, 5) is 12.7. The van der Waals surface area contributed by atoms with Crippen LogP contribution in [0, 0.1) is 0 Å². The number of rotatable bonds is 4. The Morgan fingerprint density at radius 1 is 1.64 bits per heavy atom. The molecule has 66 valence electrons. The zero-order valence-corrected chi connectivity index (χ0v) is 7.20. The van der Waals surface area contributed by atoms with Gasteiger partial charge in [0.15, 0.2) is 0 Å². The van der Waals surface area contributed by atoms with E-state index in [-0.39, 0.29) is 18.6 Å². The molecule has 4 nitrogen and oxygen atoms in total. The Morgan fingerprint density at radius 3 is 2.45 bits per heavy atom. The van der Waals surface area contributed by atoms with Gasteiger partial charge in [-0.05, 0) is 20.5 Å². The highest BCUT2D eigenvalue weighted by atomic mass is 16.5. The number of carbonyl (C=O) groups excluding carboxylic acids is 1. The molecule has 0 aromatic carbocycles. The van der Waals surface area contributed by atoms with Crippen molar-refractivity contribution in [2.45, 2.75) is 12.5 Å². The minimum Gasteiger partial charge on any atom is -0.468 e. The molecule has 0 fully saturated rings. The van der Waals surface area contributed by atoms with Crippen LogP contribution < -0.4 is 0 Å². The normalized spacial score (nSPS) is 13.2. The van der Waals surface area contributed by atoms with Gasteiger partial charge in [-0.3, -0.25) is 9.69 Å². The van der Waals surface area contributed by atoms with Crippen LogP contribution in [0.2, 0.25) is 0 Å². The van der Waals surface area contributed by atoms with Gasteiger partial charge in [-0.15, -0.1) is 0 Å². The lowest BCUT2D eigenvalue weighted by molar-refractivity contribution is -0.146. The lowest BCUT2D eigenvalue weighted by atomic mass is 10.2. The molecule has 1 atom stereocenters. The fourth-order valence-electron chi connectivity index (χ4n) is 0.845. The third-order valence-corrected chi connectivity index (χ3v) is 1.50. The van der Waals surface area contributed by atoms with Crippen LogP contribution in [0.1, 0.15) is 6.42 Å². The van der Waals surface area contributed by atoms with Gasteiger partial charge in [0.2, 0.25) is 0 Å². The first-order valence-electron chi connectivity index (χ1n) is 3.48. The highest BCUT2D eigenvalue weighted by molar-refractivity contribution is 5.75. The Morgan fingerprint density at radius 2 is 2.18 bits per heavy atom. The highest BCUT2D eigenvalue weighted by Crippen LogP contribution is 2.00. The number of likely N-dealkylation sites (N-methyl/N-ethyl adjacent to an activating group) is 1. The van der Waals surface area contributed by atoms with Gasteiger partial charge in [0.25, 0.3) is 0 Å². The molecule has 0 aromatic rings. The molecule has 1 N–H and O–H groups in total. The molecular formula is C7H15NO3. The topological polar surface area (TPSA) is 49.8 Å². The third kappa shape index (κ3) is 3.34. The Labute approximate surface area is 66.8 Å². The van der Waals surface area contributed by atoms with E-state index in [4.69, 9.17) is 5.11 Å². The van der Waals surface area contributed by atoms with E-state index < -0.39 is 0 Å². The fraction of sp³-hybridized carbons (Fsp3) is 0.857. The lowest BCUT2D eigenvalue weighted by Crippen LogP contribution is -2.37. The van der Waals surface area contributed by atoms with E-state index in [1.54, 1.807) is 19.0 Å². The van der Waals surface area contributed by atoms with Crippen LogP contribution in [-0.2, 0) is 9.53 Å². The fourth-order valence-corrected chi connectivity index (χ4v) is 0.845. The smallest absolute Gasteiger partial charge is 0.323 e. The van der Waals surface area contributed by atoms with Gasteiger partial charge in [-0.2, -0.15) is 0 Å². The van der Waals surface area contributed by atoms with Gasteiger partial charge in [0, 0.05) is 6.61 Å². The third-order valence-electron chi connectivity index (χ3n) is 1.50. The maximum atomic E-state index is 11.0. The van der Waals surface area contributed by atoms with Crippen molar-refractivity contribution in [2.24, 2.45) is 0 Å². The van der Waals surface area contributed by atoms with Gasteiger partial charge in [0.1, 0.15) is 6.04 Å². The summed E-state index contributed by atoms with van der Waals surface area (Å²) in [7, 11) is 4.89. The second-order valence-corrected chi connectivity index (χ2v) is 2.51. The van der Waals surface area contributed by atoms with Crippen LogP contribution in [0.15, 0.2) is 0 Å². The van der Waals surface area contributed by atoms with E-state index in [1.807, 2.05) is 0 Å². The lowest BCUT2D eigenvalue weighted by Gasteiger charge is -2.20. The molecule has 0 aliphatic rings. The predicted octanol–water partition coefficient (Wildman–Crippen LogP) is -0.528. The molecule has 0 radical (unpaired) electrons. The molecule has 1 unspecified atom stereocenters.